The molecule has 0 saturated heterocycles. The number of rotatable bonds is 6. The number of benzene rings is 9. The Morgan fingerprint density at radius 3 is 1.81 bits per heavy atom. The van der Waals surface area contributed by atoms with Gasteiger partial charge in [0.15, 0.2) is 0 Å². The number of aryl methyl sites for hydroxylation is 1. The van der Waals surface area contributed by atoms with E-state index in [1.165, 1.54) is 12.1 Å². The van der Waals surface area contributed by atoms with Gasteiger partial charge in [0.2, 0.25) is 0 Å². The molecule has 0 aliphatic carbocycles. The van der Waals surface area contributed by atoms with Crippen LogP contribution in [-0.2, 0) is 21.1 Å². The molecule has 338 valence electrons. The van der Waals surface area contributed by atoms with E-state index in [2.05, 4.69) is 121 Å². The van der Waals surface area contributed by atoms with Crippen molar-refractivity contribution < 1.29 is 39.5 Å². The number of para-hydroxylation sites is 3. The molecular weight excluding hydrogens is 1050 g/mol. The number of fused-ring (bicyclic) bond motifs is 12. The Bertz CT molecular complexity index is 4590. The monoisotopic (exact) mass is 1100 g/mol. The van der Waals surface area contributed by atoms with Crippen LogP contribution in [0.15, 0.2) is 211 Å². The van der Waals surface area contributed by atoms with Gasteiger partial charge in [-0.3, -0.25) is 0 Å². The van der Waals surface area contributed by atoms with Crippen LogP contribution in [0, 0.1) is 19.1 Å². The fourth-order valence-corrected chi connectivity index (χ4v) is 13.2. The van der Waals surface area contributed by atoms with Crippen molar-refractivity contribution in [2.24, 2.45) is 4.99 Å². The molecule has 13 rings (SSSR count). The van der Waals surface area contributed by atoms with Crippen molar-refractivity contribution in [2.75, 3.05) is 4.90 Å². The van der Waals surface area contributed by atoms with Gasteiger partial charge < -0.3 is 19.0 Å². The number of pyridine rings is 1. The van der Waals surface area contributed by atoms with E-state index in [1.54, 1.807) is 11.0 Å². The molecule has 0 fully saturated rings. The zero-order chi connectivity index (χ0) is 54.9. The van der Waals surface area contributed by atoms with E-state index in [-0.39, 0.29) is 49.0 Å². The van der Waals surface area contributed by atoms with Gasteiger partial charge in [-0.15, -0.1) is 29.3 Å². The van der Waals surface area contributed by atoms with Crippen molar-refractivity contribution in [3.8, 4) is 33.8 Å². The molecule has 7 heteroatoms. The molecule has 0 saturated carbocycles. The van der Waals surface area contributed by atoms with Gasteiger partial charge in [0.25, 0.3) is 0 Å². The molecule has 0 spiro atoms. The number of ether oxygens (including phenoxy) is 1. The Balaban J connectivity index is 0.00000637. The molecule has 0 radical (unpaired) electrons. The summed E-state index contributed by atoms with van der Waals surface area (Å²) in [7, 11) is -2.53. The number of hydrogen-bond donors (Lipinski definition) is 0. The molecule has 9 aromatic carbocycles. The fraction of sp³-hybridized carbons (Fsp3) is 0.0476. The third kappa shape index (κ3) is 6.93. The summed E-state index contributed by atoms with van der Waals surface area (Å²) in [5.74, 6) is 0.788. The molecule has 0 amide bonds. The van der Waals surface area contributed by atoms with E-state index in [0.717, 1.165) is 81.4 Å². The quantitative estimate of drug-likeness (QED) is 0.0721. The molecule has 5 nitrogen and oxygen atoms in total. The van der Waals surface area contributed by atoms with Crippen LogP contribution in [0.5, 0.6) is 11.5 Å². The first-order valence-electron chi connectivity index (χ1n) is 27.6. The average Bonchev–Trinajstić information content (AvgIpc) is 3.81. The average molecular weight is 1110 g/mol. The molecule has 1 aliphatic heterocycles. The predicted octanol–water partition coefficient (Wildman–Crippen LogP) is 15.2. The second kappa shape index (κ2) is 17.3. The summed E-state index contributed by atoms with van der Waals surface area (Å²) >= 11 is 0. The molecule has 0 N–H and O–H groups in total. The van der Waals surface area contributed by atoms with Crippen LogP contribution in [-0.4, -0.2) is 23.8 Å². The summed E-state index contributed by atoms with van der Waals surface area (Å²) in [5, 5.41) is 10.4. The summed E-state index contributed by atoms with van der Waals surface area (Å²) < 4.78 is 96.3. The third-order valence-electron chi connectivity index (χ3n) is 13.4. The maximum absolute atomic E-state index is 9.03. The van der Waals surface area contributed by atoms with E-state index in [4.69, 9.17) is 28.4 Å². The van der Waals surface area contributed by atoms with E-state index < -0.39 is 68.5 Å². The summed E-state index contributed by atoms with van der Waals surface area (Å²) in [6, 6.07) is 47.8. The third-order valence-corrected chi connectivity index (χ3v) is 16.9. The maximum Gasteiger partial charge on any atom is 0.143 e. The maximum atomic E-state index is 9.03. The Kier molecular flexibility index (Phi) is 8.28. The Morgan fingerprint density at radius 2 is 1.13 bits per heavy atom. The molecule has 0 atom stereocenters. The van der Waals surface area contributed by atoms with Crippen LogP contribution in [0.4, 0.5) is 17.1 Å². The van der Waals surface area contributed by atoms with Gasteiger partial charge in [0, 0.05) is 75.2 Å². The Morgan fingerprint density at radius 1 is 0.571 bits per heavy atom. The number of aromatic nitrogens is 2. The van der Waals surface area contributed by atoms with Crippen molar-refractivity contribution in [1.82, 2.24) is 9.38 Å². The molecule has 4 heterocycles. The molecule has 12 aromatic rings. The van der Waals surface area contributed by atoms with Gasteiger partial charge in [-0.1, -0.05) is 193 Å². The first-order chi connectivity index (χ1) is 38.1. The first kappa shape index (κ1) is 33.6. The second-order valence-corrected chi connectivity index (χ2v) is 21.9. The Labute approximate surface area is 436 Å². The number of aliphatic imine (C=N–C) groups is 1. The van der Waals surface area contributed by atoms with Crippen molar-refractivity contribution in [2.45, 2.75) is 20.0 Å². The second-order valence-electron chi connectivity index (χ2n) is 17.6. The minimum absolute atomic E-state index is 0. The molecule has 70 heavy (non-hydrogen) atoms. The minimum atomic E-state index is -2.53. The topological polar surface area (TPSA) is 42.1 Å². The summed E-state index contributed by atoms with van der Waals surface area (Å²) in [6.45, 7) is 6.50. The van der Waals surface area contributed by atoms with E-state index in [1.807, 2.05) is 49.5 Å². The normalized spacial score (nSPS) is 15.0. The number of nitrogens with zero attached hydrogens (tertiary/aromatic N) is 4. The van der Waals surface area contributed by atoms with Gasteiger partial charge in [0.05, 0.1) is 13.7 Å². The largest absolute Gasteiger partial charge is 0.510 e. The van der Waals surface area contributed by atoms with Crippen LogP contribution >= 0.6 is 0 Å². The van der Waals surface area contributed by atoms with E-state index in [0.29, 0.717) is 17.2 Å². The molecule has 0 bridgehead atoms. The molecule has 1 aliphatic rings. The first-order valence-corrected chi connectivity index (χ1v) is 25.6. The zero-order valence-electron chi connectivity index (χ0n) is 47.9. The molecular formula is C63H43N4OPtSi-3. The molecule has 3 aromatic heterocycles. The van der Waals surface area contributed by atoms with Gasteiger partial charge in [-0.2, -0.15) is 23.4 Å². The van der Waals surface area contributed by atoms with E-state index >= 15 is 0 Å². The fourth-order valence-electron chi connectivity index (χ4n) is 10.2. The Hall–Kier alpha value is -7.89. The zero-order valence-corrected chi connectivity index (χ0v) is 41.1. The predicted molar refractivity (Wildman–Crippen MR) is 290 cm³/mol. The minimum Gasteiger partial charge on any atom is -0.510 e. The smallest absolute Gasteiger partial charge is 0.143 e. The van der Waals surface area contributed by atoms with Gasteiger partial charge in [-0.25, -0.2) is 4.98 Å². The number of anilines is 2. The van der Waals surface area contributed by atoms with Crippen LogP contribution in [0.2, 0.25) is 13.1 Å². The SMILES string of the molecule is [2H]c1c([2H])c([2H])c(-c2cccc(-c3c([2H])c([2H])c([2H])c([2H])c3[2H])c2N=[C-]N2c3[c-]c(Oc4[c-]c5c(cc4)c4cccc6c7ccccc7c7ccccc7c7cccnc7n5c64)ccc3[Si](C)(C)c3cccc(C)c32)c([2H])c1[2H].[Pt]. The molecule has 0 unspecified atom stereocenters. The van der Waals surface area contributed by atoms with Crippen LogP contribution < -0.4 is 20.0 Å². The summed E-state index contributed by atoms with van der Waals surface area (Å²) in [5.41, 5.74) is 4.49. The van der Waals surface area contributed by atoms with Gasteiger partial charge in [0.1, 0.15) is 5.65 Å². The van der Waals surface area contributed by atoms with Crippen LogP contribution in [0.1, 0.15) is 19.3 Å². The van der Waals surface area contributed by atoms with E-state index in [9.17, 15) is 0 Å². The standard InChI is InChI=1S/C63H43N4OSi.Pt/c1-41-18-14-32-59-61(41)66(40-65-60-46(42-19-6-4-7-20-42)27-15-28-47(60)43-21-8-5-9-22-43)57-39-45(34-36-58(57)69(59,2)3)68-44-33-35-52-54-30-16-29-53-50-25-12-10-23-48(50)49-24-11-13-26-51(49)55-31-17-37-64-63(55)67(62(53)54)56(52)38-44;/h4-37H,1-3H3;/q-3;/i4D,5D,6D,7D,8D,9D,19D,20D,21D,22D;. The van der Waals surface area contributed by atoms with Crippen molar-refractivity contribution in [1.29, 1.82) is 0 Å². The summed E-state index contributed by atoms with van der Waals surface area (Å²) in [6.07, 6.45) is 5.09. The van der Waals surface area contributed by atoms with Crippen molar-refractivity contribution in [3.63, 3.8) is 0 Å². The van der Waals surface area contributed by atoms with Crippen LogP contribution in [0.25, 0.3) is 82.0 Å². The summed E-state index contributed by atoms with van der Waals surface area (Å²) in [4.78, 5) is 11.9. The number of hydrogen-bond acceptors (Lipinski definition) is 3. The van der Waals surface area contributed by atoms with Gasteiger partial charge >= 0.3 is 0 Å². The van der Waals surface area contributed by atoms with Crippen molar-refractivity contribution >= 4 is 102 Å². The van der Waals surface area contributed by atoms with Gasteiger partial charge in [-0.05, 0) is 73.9 Å². The van der Waals surface area contributed by atoms with Crippen LogP contribution in [0.3, 0.4) is 0 Å². The van der Waals surface area contributed by atoms with Crippen molar-refractivity contribution in [3.05, 3.63) is 224 Å².